The molecule has 1 aliphatic heterocycles. The minimum absolute atomic E-state index is 0.304. The molecule has 2 heterocycles. The number of halogens is 1. The molecule has 0 spiro atoms. The quantitative estimate of drug-likeness (QED) is 0.724. The molecule has 1 aliphatic rings. The highest BCUT2D eigenvalue weighted by Crippen LogP contribution is 2.31. The summed E-state index contributed by atoms with van der Waals surface area (Å²) in [5.41, 5.74) is 4.62. The van der Waals surface area contributed by atoms with E-state index in [1.807, 2.05) is 36.5 Å². The molecule has 0 saturated heterocycles. The van der Waals surface area contributed by atoms with Crippen LogP contribution >= 0.6 is 11.6 Å². The highest BCUT2D eigenvalue weighted by atomic mass is 35.5. The summed E-state index contributed by atoms with van der Waals surface area (Å²) in [4.78, 5) is 6.78. The van der Waals surface area contributed by atoms with Gasteiger partial charge in [0.2, 0.25) is 0 Å². The van der Waals surface area contributed by atoms with E-state index in [-0.39, 0.29) is 0 Å². The normalized spacial score (nSPS) is 14.7. The predicted octanol–water partition coefficient (Wildman–Crippen LogP) is 4.89. The number of aromatic nitrogens is 1. The van der Waals surface area contributed by atoms with E-state index < -0.39 is 0 Å². The van der Waals surface area contributed by atoms with Crippen molar-refractivity contribution in [1.29, 1.82) is 0 Å². The van der Waals surface area contributed by atoms with Crippen LogP contribution in [0.5, 0.6) is 5.75 Å². The second kappa shape index (κ2) is 6.17. The van der Waals surface area contributed by atoms with Gasteiger partial charge in [0.25, 0.3) is 0 Å². The summed E-state index contributed by atoms with van der Waals surface area (Å²) in [5, 5.41) is 11.3. The first-order valence-corrected chi connectivity index (χ1v) is 8.36. The fourth-order valence-corrected chi connectivity index (χ4v) is 3.37. The number of phenolic OH excluding ortho intramolecular Hbond substituents is 1. The summed E-state index contributed by atoms with van der Waals surface area (Å²) in [6.45, 7) is 1.81. The lowest BCUT2D eigenvalue weighted by atomic mass is 9.99. The number of phenols is 1. The van der Waals surface area contributed by atoms with Gasteiger partial charge in [-0.1, -0.05) is 29.8 Å². The number of benzene rings is 2. The summed E-state index contributed by atoms with van der Waals surface area (Å²) in [6.07, 6.45) is 5.08. The fourth-order valence-electron chi connectivity index (χ4n) is 3.21. The molecular weight excluding hydrogens is 320 g/mol. The lowest BCUT2D eigenvalue weighted by Crippen LogP contribution is -2.28. The summed E-state index contributed by atoms with van der Waals surface area (Å²) in [7, 11) is 0. The van der Waals surface area contributed by atoms with Gasteiger partial charge in [0.05, 0.1) is 5.52 Å². The molecule has 2 aromatic carbocycles. The zero-order valence-corrected chi connectivity index (χ0v) is 13.9. The summed E-state index contributed by atoms with van der Waals surface area (Å²) in [5.74, 6) is 0.304. The molecule has 4 rings (SSSR count). The Kier molecular flexibility index (Phi) is 3.87. The van der Waals surface area contributed by atoms with Crippen LogP contribution in [0.3, 0.4) is 0 Å². The van der Waals surface area contributed by atoms with Crippen LogP contribution in [-0.2, 0) is 0 Å². The number of aromatic hydroxyl groups is 1. The van der Waals surface area contributed by atoms with Crippen LogP contribution in [0.25, 0.3) is 16.5 Å². The van der Waals surface area contributed by atoms with Gasteiger partial charge in [0, 0.05) is 35.4 Å². The smallest absolute Gasteiger partial charge is 0.115 e. The van der Waals surface area contributed by atoms with Gasteiger partial charge in [-0.05, 0) is 54.0 Å². The lowest BCUT2D eigenvalue weighted by molar-refractivity contribution is 0.475. The molecule has 0 fully saturated rings. The molecule has 0 amide bonds. The van der Waals surface area contributed by atoms with Gasteiger partial charge in [-0.25, -0.2) is 0 Å². The van der Waals surface area contributed by atoms with Crippen molar-refractivity contribution in [2.45, 2.75) is 6.42 Å². The Labute approximate surface area is 145 Å². The van der Waals surface area contributed by atoms with E-state index in [1.54, 1.807) is 12.1 Å². The first kappa shape index (κ1) is 15.0. The van der Waals surface area contributed by atoms with Gasteiger partial charge >= 0.3 is 0 Å². The molecule has 120 valence electrons. The van der Waals surface area contributed by atoms with Crippen LogP contribution in [0.4, 0.5) is 5.69 Å². The molecule has 0 radical (unpaired) electrons. The largest absolute Gasteiger partial charge is 0.508 e. The molecule has 3 aromatic rings. The zero-order valence-electron chi connectivity index (χ0n) is 13.1. The van der Waals surface area contributed by atoms with Gasteiger partial charge in [-0.15, -0.1) is 0 Å². The summed E-state index contributed by atoms with van der Waals surface area (Å²) < 4.78 is 0. The number of rotatable bonds is 2. The first-order chi connectivity index (χ1) is 11.7. The van der Waals surface area contributed by atoms with Gasteiger partial charge in [0.15, 0.2) is 0 Å². The maximum absolute atomic E-state index is 9.42. The van der Waals surface area contributed by atoms with Crippen LogP contribution in [-0.4, -0.2) is 23.2 Å². The molecule has 0 unspecified atom stereocenters. The molecular formula is C20H17ClN2O. The zero-order chi connectivity index (χ0) is 16.5. The average Bonchev–Trinajstić information content (AvgIpc) is 2.62. The van der Waals surface area contributed by atoms with E-state index in [0.717, 1.165) is 30.4 Å². The molecule has 3 nitrogen and oxygen atoms in total. The van der Waals surface area contributed by atoms with E-state index >= 15 is 0 Å². The van der Waals surface area contributed by atoms with E-state index in [4.69, 9.17) is 11.6 Å². The Balaban J connectivity index is 1.63. The highest BCUT2D eigenvalue weighted by Gasteiger charge is 2.15. The Morgan fingerprint density at radius 1 is 1.04 bits per heavy atom. The van der Waals surface area contributed by atoms with Crippen molar-refractivity contribution in [3.8, 4) is 5.75 Å². The number of pyridine rings is 1. The molecule has 0 bridgehead atoms. The Morgan fingerprint density at radius 3 is 2.62 bits per heavy atom. The maximum Gasteiger partial charge on any atom is 0.115 e. The third-order valence-corrected chi connectivity index (χ3v) is 4.70. The van der Waals surface area contributed by atoms with Crippen molar-refractivity contribution >= 4 is 33.8 Å². The van der Waals surface area contributed by atoms with Crippen LogP contribution in [0.1, 0.15) is 12.0 Å². The van der Waals surface area contributed by atoms with Crippen LogP contribution in [0.15, 0.2) is 60.8 Å². The molecule has 1 N–H and O–H groups in total. The van der Waals surface area contributed by atoms with Gasteiger partial charge in [0.1, 0.15) is 5.75 Å². The molecule has 24 heavy (non-hydrogen) atoms. The minimum atomic E-state index is 0.304. The lowest BCUT2D eigenvalue weighted by Gasteiger charge is -2.29. The number of anilines is 1. The number of fused-ring (bicyclic) bond motifs is 1. The standard InChI is InChI=1S/C20H17ClN2O/c21-16-3-6-18-19(13-16)22-10-7-20(18)23-11-8-15(9-12-23)14-1-4-17(24)5-2-14/h1-8,10,13,24H,9,11-12H2. The molecule has 0 atom stereocenters. The molecule has 0 saturated carbocycles. The van der Waals surface area contributed by atoms with Crippen LogP contribution in [0, 0.1) is 0 Å². The third-order valence-electron chi connectivity index (χ3n) is 4.47. The second-order valence-corrected chi connectivity index (χ2v) is 6.40. The molecule has 1 aromatic heterocycles. The van der Waals surface area contributed by atoms with Gasteiger partial charge < -0.3 is 10.0 Å². The molecule has 4 heteroatoms. The Bertz CT molecular complexity index is 919. The Morgan fingerprint density at radius 2 is 1.88 bits per heavy atom. The summed E-state index contributed by atoms with van der Waals surface area (Å²) >= 11 is 6.07. The number of hydrogen-bond donors (Lipinski definition) is 1. The average molecular weight is 337 g/mol. The number of nitrogens with zero attached hydrogens (tertiary/aromatic N) is 2. The third kappa shape index (κ3) is 2.83. The Hall–Kier alpha value is -2.52. The highest BCUT2D eigenvalue weighted by molar-refractivity contribution is 6.31. The molecule has 0 aliphatic carbocycles. The van der Waals surface area contributed by atoms with Crippen molar-refractivity contribution in [3.05, 3.63) is 71.4 Å². The van der Waals surface area contributed by atoms with Gasteiger partial charge in [-0.2, -0.15) is 0 Å². The predicted molar refractivity (Wildman–Crippen MR) is 99.7 cm³/mol. The van der Waals surface area contributed by atoms with E-state index in [0.29, 0.717) is 10.8 Å². The van der Waals surface area contributed by atoms with Crippen molar-refractivity contribution in [2.24, 2.45) is 0 Å². The van der Waals surface area contributed by atoms with Gasteiger partial charge in [-0.3, -0.25) is 4.98 Å². The second-order valence-electron chi connectivity index (χ2n) is 5.96. The van der Waals surface area contributed by atoms with Crippen molar-refractivity contribution in [2.75, 3.05) is 18.0 Å². The maximum atomic E-state index is 9.42. The van der Waals surface area contributed by atoms with E-state index in [9.17, 15) is 5.11 Å². The van der Waals surface area contributed by atoms with Crippen LogP contribution in [0.2, 0.25) is 5.02 Å². The van der Waals surface area contributed by atoms with Crippen LogP contribution < -0.4 is 4.90 Å². The topological polar surface area (TPSA) is 36.4 Å². The van der Waals surface area contributed by atoms with Crippen molar-refractivity contribution in [3.63, 3.8) is 0 Å². The monoisotopic (exact) mass is 336 g/mol. The first-order valence-electron chi connectivity index (χ1n) is 7.98. The summed E-state index contributed by atoms with van der Waals surface area (Å²) in [6, 6.07) is 15.3. The van der Waals surface area contributed by atoms with E-state index in [2.05, 4.69) is 22.0 Å². The SMILES string of the molecule is Oc1ccc(C2=CCN(c3ccnc4cc(Cl)ccc34)CC2)cc1. The van der Waals surface area contributed by atoms with E-state index in [1.165, 1.54) is 16.8 Å². The fraction of sp³-hybridized carbons (Fsp3) is 0.150. The number of hydrogen-bond acceptors (Lipinski definition) is 3. The minimum Gasteiger partial charge on any atom is -0.508 e. The van der Waals surface area contributed by atoms with Crippen molar-refractivity contribution < 1.29 is 5.11 Å². The van der Waals surface area contributed by atoms with Crippen molar-refractivity contribution in [1.82, 2.24) is 4.98 Å².